The molecule has 0 aliphatic heterocycles. The first-order chi connectivity index (χ1) is 5.76. The monoisotopic (exact) mass is 173 g/mol. The van der Waals surface area contributed by atoms with Crippen molar-refractivity contribution in [1.29, 1.82) is 0 Å². The summed E-state index contributed by atoms with van der Waals surface area (Å²) in [6.45, 7) is -0.826. The van der Waals surface area contributed by atoms with Crippen molar-refractivity contribution in [1.82, 2.24) is 15.0 Å². The fourth-order valence-corrected chi connectivity index (χ4v) is 0.721. The summed E-state index contributed by atoms with van der Waals surface area (Å²) in [5, 5.41) is 15.8. The predicted octanol–water partition coefficient (Wildman–Crippen LogP) is -0.579. The van der Waals surface area contributed by atoms with Gasteiger partial charge in [-0.2, -0.15) is 0 Å². The van der Waals surface area contributed by atoms with Crippen molar-refractivity contribution >= 4 is 6.29 Å². The van der Waals surface area contributed by atoms with E-state index in [9.17, 15) is 9.18 Å². The Morgan fingerprint density at radius 1 is 1.83 bits per heavy atom. The summed E-state index contributed by atoms with van der Waals surface area (Å²) in [4.78, 5) is 10.1. The number of aromatic nitrogens is 3. The van der Waals surface area contributed by atoms with Crippen LogP contribution in [-0.2, 0) is 6.54 Å². The number of aldehydes is 1. The largest absolute Gasteiger partial charge is 0.388 e. The van der Waals surface area contributed by atoms with Gasteiger partial charge in [0.25, 0.3) is 0 Å². The number of nitrogens with zero attached hydrogens (tertiary/aromatic N) is 3. The van der Waals surface area contributed by atoms with Crippen LogP contribution in [0.1, 0.15) is 10.5 Å². The number of hydrogen-bond donors (Lipinski definition) is 1. The average Bonchev–Trinajstić information content (AvgIpc) is 2.52. The molecule has 66 valence electrons. The number of aliphatic hydroxyl groups excluding tert-OH is 1. The summed E-state index contributed by atoms with van der Waals surface area (Å²) in [5.41, 5.74) is 0.168. The molecule has 0 aliphatic rings. The smallest absolute Gasteiger partial charge is 0.171 e. The molecule has 1 aromatic heterocycles. The van der Waals surface area contributed by atoms with E-state index in [1.807, 2.05) is 0 Å². The summed E-state index contributed by atoms with van der Waals surface area (Å²) in [7, 11) is 0. The van der Waals surface area contributed by atoms with Crippen LogP contribution in [0.5, 0.6) is 0 Å². The van der Waals surface area contributed by atoms with Crippen LogP contribution in [0, 0.1) is 0 Å². The van der Waals surface area contributed by atoms with Crippen LogP contribution in [0.4, 0.5) is 4.39 Å². The van der Waals surface area contributed by atoms with Gasteiger partial charge in [0.2, 0.25) is 0 Å². The molecule has 0 amide bonds. The SMILES string of the molecule is O=Cc1cn(CC(O)CF)nn1. The first-order valence-corrected chi connectivity index (χ1v) is 3.35. The molecule has 0 fully saturated rings. The van der Waals surface area contributed by atoms with E-state index in [0.717, 1.165) is 0 Å². The molecular formula is C6H8FN3O2. The van der Waals surface area contributed by atoms with Crippen LogP contribution < -0.4 is 0 Å². The summed E-state index contributed by atoms with van der Waals surface area (Å²) in [6.07, 6.45) is 0.781. The first kappa shape index (κ1) is 8.79. The predicted molar refractivity (Wildman–Crippen MR) is 37.4 cm³/mol. The standard InChI is InChI=1S/C6H8FN3O2/c7-1-6(12)3-10-2-5(4-11)8-9-10/h2,4,6,12H,1,3H2. The number of carbonyl (C=O) groups excluding carboxylic acids is 1. The molecule has 0 aromatic carbocycles. The van der Waals surface area contributed by atoms with E-state index in [-0.39, 0.29) is 12.2 Å². The second kappa shape index (κ2) is 3.91. The van der Waals surface area contributed by atoms with Crippen LogP contribution in [0.3, 0.4) is 0 Å². The Labute approximate surface area is 67.8 Å². The Kier molecular flexibility index (Phi) is 2.87. The zero-order valence-corrected chi connectivity index (χ0v) is 6.22. The molecule has 1 rings (SSSR count). The topological polar surface area (TPSA) is 68.0 Å². The average molecular weight is 173 g/mol. The molecule has 0 spiro atoms. The summed E-state index contributed by atoms with van der Waals surface area (Å²) >= 11 is 0. The van der Waals surface area contributed by atoms with Gasteiger partial charge in [-0.3, -0.25) is 4.79 Å². The van der Waals surface area contributed by atoms with Crippen molar-refractivity contribution in [2.45, 2.75) is 12.6 Å². The fraction of sp³-hybridized carbons (Fsp3) is 0.500. The number of hydrogen-bond acceptors (Lipinski definition) is 4. The zero-order chi connectivity index (χ0) is 8.97. The highest BCUT2D eigenvalue weighted by Gasteiger charge is 2.05. The summed E-state index contributed by atoms with van der Waals surface area (Å²) < 4.78 is 13.0. The Bertz CT molecular complexity index is 263. The highest BCUT2D eigenvalue weighted by Crippen LogP contribution is 1.93. The molecule has 1 aromatic rings. The molecule has 0 aliphatic carbocycles. The second-order valence-corrected chi connectivity index (χ2v) is 2.29. The molecule has 0 saturated carbocycles. The number of carbonyl (C=O) groups is 1. The van der Waals surface area contributed by atoms with Crippen LogP contribution in [-0.4, -0.2) is 39.2 Å². The first-order valence-electron chi connectivity index (χ1n) is 3.35. The van der Waals surface area contributed by atoms with Crippen molar-refractivity contribution < 1.29 is 14.3 Å². The minimum atomic E-state index is -1.09. The maximum absolute atomic E-state index is 11.8. The van der Waals surface area contributed by atoms with Gasteiger partial charge in [-0.1, -0.05) is 5.21 Å². The van der Waals surface area contributed by atoms with Crippen molar-refractivity contribution in [3.63, 3.8) is 0 Å². The van der Waals surface area contributed by atoms with Crippen molar-refractivity contribution in [3.05, 3.63) is 11.9 Å². The van der Waals surface area contributed by atoms with E-state index < -0.39 is 12.8 Å². The molecule has 0 bridgehead atoms. The molecule has 1 heterocycles. The van der Waals surface area contributed by atoms with E-state index in [0.29, 0.717) is 6.29 Å². The van der Waals surface area contributed by atoms with Crippen LogP contribution in [0.2, 0.25) is 0 Å². The summed E-state index contributed by atoms with van der Waals surface area (Å²) in [6, 6.07) is 0. The fourth-order valence-electron chi connectivity index (χ4n) is 0.721. The lowest BCUT2D eigenvalue weighted by atomic mass is 10.4. The lowest BCUT2D eigenvalue weighted by Crippen LogP contribution is -2.18. The van der Waals surface area contributed by atoms with E-state index in [2.05, 4.69) is 10.3 Å². The van der Waals surface area contributed by atoms with E-state index in [1.165, 1.54) is 10.9 Å². The Hall–Kier alpha value is -1.30. The van der Waals surface area contributed by atoms with Gasteiger partial charge in [0, 0.05) is 0 Å². The Morgan fingerprint density at radius 2 is 2.58 bits per heavy atom. The van der Waals surface area contributed by atoms with Gasteiger partial charge in [-0.25, -0.2) is 9.07 Å². The quantitative estimate of drug-likeness (QED) is 0.618. The minimum Gasteiger partial charge on any atom is -0.388 e. The van der Waals surface area contributed by atoms with Crippen molar-refractivity contribution in [3.8, 4) is 0 Å². The van der Waals surface area contributed by atoms with Crippen LogP contribution in [0.25, 0.3) is 0 Å². The molecule has 0 saturated heterocycles. The van der Waals surface area contributed by atoms with Crippen molar-refractivity contribution in [2.24, 2.45) is 0 Å². The van der Waals surface area contributed by atoms with Crippen molar-refractivity contribution in [2.75, 3.05) is 6.67 Å². The van der Waals surface area contributed by atoms with E-state index in [4.69, 9.17) is 5.11 Å². The van der Waals surface area contributed by atoms with E-state index in [1.54, 1.807) is 0 Å². The molecule has 5 nitrogen and oxygen atoms in total. The van der Waals surface area contributed by atoms with Gasteiger partial charge in [0.1, 0.15) is 18.5 Å². The third kappa shape index (κ3) is 2.09. The molecule has 1 atom stereocenters. The number of rotatable bonds is 4. The van der Waals surface area contributed by atoms with Gasteiger partial charge >= 0.3 is 0 Å². The number of halogens is 1. The van der Waals surface area contributed by atoms with Gasteiger partial charge in [0.05, 0.1) is 12.7 Å². The minimum absolute atomic E-state index is 0.0112. The van der Waals surface area contributed by atoms with Crippen LogP contribution >= 0.6 is 0 Å². The van der Waals surface area contributed by atoms with Gasteiger partial charge in [-0.05, 0) is 0 Å². The Morgan fingerprint density at radius 3 is 3.08 bits per heavy atom. The maximum Gasteiger partial charge on any atom is 0.171 e. The van der Waals surface area contributed by atoms with Gasteiger partial charge < -0.3 is 5.11 Å². The zero-order valence-electron chi connectivity index (χ0n) is 6.22. The van der Waals surface area contributed by atoms with Gasteiger partial charge in [-0.15, -0.1) is 5.10 Å². The third-order valence-electron chi connectivity index (χ3n) is 1.25. The maximum atomic E-state index is 11.8. The molecule has 0 radical (unpaired) electrons. The molecule has 6 heteroatoms. The highest BCUT2D eigenvalue weighted by atomic mass is 19.1. The van der Waals surface area contributed by atoms with E-state index >= 15 is 0 Å². The number of aliphatic hydroxyl groups is 1. The highest BCUT2D eigenvalue weighted by molar-refractivity contribution is 5.70. The lowest BCUT2D eigenvalue weighted by molar-refractivity contribution is 0.111. The van der Waals surface area contributed by atoms with Crippen LogP contribution in [0.15, 0.2) is 6.20 Å². The summed E-state index contributed by atoms with van der Waals surface area (Å²) in [5.74, 6) is 0. The Balaban J connectivity index is 2.57. The third-order valence-corrected chi connectivity index (χ3v) is 1.25. The van der Waals surface area contributed by atoms with Gasteiger partial charge in [0.15, 0.2) is 6.29 Å². The molecular weight excluding hydrogens is 165 g/mol. The lowest BCUT2D eigenvalue weighted by Gasteiger charge is -2.03. The second-order valence-electron chi connectivity index (χ2n) is 2.29. The molecule has 12 heavy (non-hydrogen) atoms. The normalized spacial score (nSPS) is 12.8. The molecule has 1 unspecified atom stereocenters. The number of alkyl halides is 1. The molecule has 1 N–H and O–H groups in total.